The number of rotatable bonds is 5. The van der Waals surface area contributed by atoms with Gasteiger partial charge in [0.15, 0.2) is 0 Å². The molecular weight excluding hydrogens is 386 g/mol. The molecule has 1 aromatic carbocycles. The Hall–Kier alpha value is -2.99. The van der Waals surface area contributed by atoms with Crippen LogP contribution in [0.2, 0.25) is 0 Å². The third kappa shape index (κ3) is 3.65. The van der Waals surface area contributed by atoms with Gasteiger partial charge < -0.3 is 9.47 Å². The number of likely N-dealkylation sites (tertiary alicyclic amines) is 2. The Morgan fingerprint density at radius 3 is 2.65 bits per heavy atom. The van der Waals surface area contributed by atoms with Gasteiger partial charge in [-0.25, -0.2) is 4.98 Å². The van der Waals surface area contributed by atoms with Crippen LogP contribution in [0.15, 0.2) is 61.2 Å². The Morgan fingerprint density at radius 2 is 1.87 bits per heavy atom. The van der Waals surface area contributed by atoms with Crippen LogP contribution in [0.3, 0.4) is 0 Å². The average Bonchev–Trinajstić information content (AvgIpc) is 3.49. The Labute approximate surface area is 183 Å². The average molecular weight is 416 g/mol. The number of aryl methyl sites for hydroxylation is 2. The minimum atomic E-state index is 0.0998. The van der Waals surface area contributed by atoms with E-state index in [1.807, 2.05) is 18.3 Å². The molecule has 2 aliphatic heterocycles. The van der Waals surface area contributed by atoms with Crippen LogP contribution in [-0.2, 0) is 13.1 Å². The molecule has 3 atom stereocenters. The molecule has 0 bridgehead atoms. The van der Waals surface area contributed by atoms with Crippen LogP contribution in [0.1, 0.15) is 40.3 Å². The van der Waals surface area contributed by atoms with Crippen molar-refractivity contribution < 1.29 is 4.79 Å². The summed E-state index contributed by atoms with van der Waals surface area (Å²) < 4.78 is 2.21. The second-order valence-electron chi connectivity index (χ2n) is 8.74. The van der Waals surface area contributed by atoms with Crippen molar-refractivity contribution in [3.63, 3.8) is 0 Å². The van der Waals surface area contributed by atoms with Crippen molar-refractivity contribution >= 4 is 5.91 Å². The molecule has 0 aliphatic carbocycles. The Kier molecular flexibility index (Phi) is 5.32. The Bertz CT molecular complexity index is 1060. The van der Waals surface area contributed by atoms with Crippen LogP contribution in [0.25, 0.3) is 0 Å². The zero-order valence-corrected chi connectivity index (χ0v) is 18.2. The fraction of sp³-hybridized carbons (Fsp3) is 0.400. The molecule has 0 radical (unpaired) electrons. The van der Waals surface area contributed by atoms with E-state index in [2.05, 4.69) is 68.6 Å². The fourth-order valence-corrected chi connectivity index (χ4v) is 5.43. The van der Waals surface area contributed by atoms with Crippen LogP contribution in [0, 0.1) is 18.8 Å². The Balaban J connectivity index is 1.43. The van der Waals surface area contributed by atoms with Gasteiger partial charge in [-0.2, -0.15) is 0 Å². The molecule has 6 heteroatoms. The molecule has 6 nitrogen and oxygen atoms in total. The van der Waals surface area contributed by atoms with Gasteiger partial charge in [0.25, 0.3) is 5.91 Å². The van der Waals surface area contributed by atoms with Crippen molar-refractivity contribution in [2.24, 2.45) is 11.8 Å². The number of hydrogen-bond donors (Lipinski definition) is 0. The molecule has 160 valence electrons. The van der Waals surface area contributed by atoms with Crippen molar-refractivity contribution in [3.05, 3.63) is 83.7 Å². The molecule has 0 spiro atoms. The first kappa shape index (κ1) is 19.9. The van der Waals surface area contributed by atoms with E-state index < -0.39 is 0 Å². The van der Waals surface area contributed by atoms with E-state index in [0.717, 1.165) is 44.1 Å². The number of benzene rings is 1. The highest BCUT2D eigenvalue weighted by Crippen LogP contribution is 2.46. The van der Waals surface area contributed by atoms with E-state index >= 15 is 0 Å². The molecule has 4 heterocycles. The number of carbonyl (C=O) groups is 1. The number of hydrogen-bond acceptors (Lipinski definition) is 4. The molecule has 2 aliphatic rings. The zero-order chi connectivity index (χ0) is 21.4. The van der Waals surface area contributed by atoms with E-state index in [9.17, 15) is 4.79 Å². The van der Waals surface area contributed by atoms with Crippen LogP contribution in [-0.4, -0.2) is 49.9 Å². The predicted molar refractivity (Wildman–Crippen MR) is 119 cm³/mol. The summed E-state index contributed by atoms with van der Waals surface area (Å²) in [7, 11) is 0. The molecule has 2 aromatic heterocycles. The summed E-state index contributed by atoms with van der Waals surface area (Å²) >= 11 is 0. The van der Waals surface area contributed by atoms with Crippen LogP contribution in [0.5, 0.6) is 0 Å². The number of fused-ring (bicyclic) bond motifs is 1. The van der Waals surface area contributed by atoms with Gasteiger partial charge in [0.1, 0.15) is 5.82 Å². The lowest BCUT2D eigenvalue weighted by atomic mass is 9.87. The van der Waals surface area contributed by atoms with Crippen molar-refractivity contribution in [1.82, 2.24) is 24.3 Å². The number of carbonyl (C=O) groups excluding carboxylic acids is 1. The largest absolute Gasteiger partial charge is 0.334 e. The first-order chi connectivity index (χ1) is 15.2. The SMILES string of the molecule is CCn1ccnc1CN1C[C@H]2CN(C(=O)c3ccncc3)[C@H](c3ccccc3C)[C@H]2C1. The van der Waals surface area contributed by atoms with Gasteiger partial charge in [0.05, 0.1) is 12.6 Å². The molecule has 2 fully saturated rings. The van der Waals surface area contributed by atoms with Gasteiger partial charge in [-0.15, -0.1) is 0 Å². The minimum absolute atomic E-state index is 0.0998. The lowest BCUT2D eigenvalue weighted by molar-refractivity contribution is 0.0698. The highest BCUT2D eigenvalue weighted by molar-refractivity contribution is 5.94. The maximum absolute atomic E-state index is 13.5. The topological polar surface area (TPSA) is 54.3 Å². The summed E-state index contributed by atoms with van der Waals surface area (Å²) in [5.41, 5.74) is 3.24. The molecule has 0 unspecified atom stereocenters. The van der Waals surface area contributed by atoms with Gasteiger partial charge in [-0.05, 0) is 43.0 Å². The lowest BCUT2D eigenvalue weighted by Crippen LogP contribution is -2.36. The maximum atomic E-state index is 13.5. The number of imidazole rings is 1. The second kappa shape index (κ2) is 8.27. The summed E-state index contributed by atoms with van der Waals surface area (Å²) in [6.45, 7) is 8.90. The molecule has 0 saturated carbocycles. The van der Waals surface area contributed by atoms with Crippen molar-refractivity contribution in [3.8, 4) is 0 Å². The van der Waals surface area contributed by atoms with Gasteiger partial charge in [-0.1, -0.05) is 24.3 Å². The maximum Gasteiger partial charge on any atom is 0.254 e. The zero-order valence-electron chi connectivity index (χ0n) is 18.2. The summed E-state index contributed by atoms with van der Waals surface area (Å²) in [6, 6.07) is 12.3. The summed E-state index contributed by atoms with van der Waals surface area (Å²) in [4.78, 5) is 26.7. The number of pyridine rings is 1. The Morgan fingerprint density at radius 1 is 1.06 bits per heavy atom. The third-order valence-electron chi connectivity index (χ3n) is 6.94. The third-order valence-corrected chi connectivity index (χ3v) is 6.94. The normalized spacial score (nSPS) is 23.3. The smallest absolute Gasteiger partial charge is 0.254 e. The van der Waals surface area contributed by atoms with Gasteiger partial charge in [0, 0.05) is 62.4 Å². The molecule has 31 heavy (non-hydrogen) atoms. The van der Waals surface area contributed by atoms with Gasteiger partial charge >= 0.3 is 0 Å². The van der Waals surface area contributed by atoms with Crippen molar-refractivity contribution in [2.45, 2.75) is 33.0 Å². The second-order valence-corrected chi connectivity index (χ2v) is 8.74. The van der Waals surface area contributed by atoms with E-state index in [1.165, 1.54) is 11.1 Å². The lowest BCUT2D eigenvalue weighted by Gasteiger charge is -2.31. The van der Waals surface area contributed by atoms with E-state index in [1.54, 1.807) is 12.4 Å². The highest BCUT2D eigenvalue weighted by Gasteiger charge is 2.49. The van der Waals surface area contributed by atoms with Gasteiger partial charge in [-0.3, -0.25) is 14.7 Å². The van der Waals surface area contributed by atoms with Crippen LogP contribution in [0.4, 0.5) is 0 Å². The highest BCUT2D eigenvalue weighted by atomic mass is 16.2. The van der Waals surface area contributed by atoms with E-state index in [4.69, 9.17) is 0 Å². The molecule has 0 N–H and O–H groups in total. The number of nitrogens with zero attached hydrogens (tertiary/aromatic N) is 5. The van der Waals surface area contributed by atoms with Crippen molar-refractivity contribution in [2.75, 3.05) is 19.6 Å². The standard InChI is InChI=1S/C25H29N5O/c1-3-29-13-12-27-23(29)17-28-14-20-15-30(25(31)19-8-10-26-11-9-19)24(22(20)16-28)21-7-5-4-6-18(21)2/h4-13,20,22,24H,3,14-17H2,1-2H3/t20-,22-,24+/m0/s1. The molecule has 2 saturated heterocycles. The molecule has 5 rings (SSSR count). The summed E-state index contributed by atoms with van der Waals surface area (Å²) in [5, 5.41) is 0. The summed E-state index contributed by atoms with van der Waals surface area (Å²) in [5.74, 6) is 2.13. The molecule has 1 amide bonds. The van der Waals surface area contributed by atoms with E-state index in [-0.39, 0.29) is 11.9 Å². The first-order valence-corrected chi connectivity index (χ1v) is 11.1. The van der Waals surface area contributed by atoms with E-state index in [0.29, 0.717) is 11.8 Å². The van der Waals surface area contributed by atoms with Gasteiger partial charge in [0.2, 0.25) is 0 Å². The minimum Gasteiger partial charge on any atom is -0.334 e. The molecular formula is C25H29N5O. The molecule has 3 aromatic rings. The number of aromatic nitrogens is 3. The number of amides is 1. The van der Waals surface area contributed by atoms with Crippen LogP contribution >= 0.6 is 0 Å². The fourth-order valence-electron chi connectivity index (χ4n) is 5.43. The monoisotopic (exact) mass is 415 g/mol. The van der Waals surface area contributed by atoms with Crippen molar-refractivity contribution in [1.29, 1.82) is 0 Å². The summed E-state index contributed by atoms with van der Waals surface area (Å²) in [6.07, 6.45) is 7.34. The first-order valence-electron chi connectivity index (χ1n) is 11.1. The quantitative estimate of drug-likeness (QED) is 0.640. The van der Waals surface area contributed by atoms with Crippen LogP contribution < -0.4 is 0 Å². The predicted octanol–water partition coefficient (Wildman–Crippen LogP) is 3.55.